The lowest BCUT2D eigenvalue weighted by atomic mass is 10.1. The Bertz CT molecular complexity index is 524. The Hall–Kier alpha value is -1.99. The summed E-state index contributed by atoms with van der Waals surface area (Å²) in [6.07, 6.45) is 2.91. The minimum absolute atomic E-state index is 0.648. The van der Waals surface area contributed by atoms with Gasteiger partial charge in [-0.25, -0.2) is 0 Å². The van der Waals surface area contributed by atoms with Crippen molar-refractivity contribution in [3.05, 3.63) is 23.8 Å². The quantitative estimate of drug-likeness (QED) is 0.315. The Labute approximate surface area is 157 Å². The van der Waals surface area contributed by atoms with Crippen LogP contribution in [0, 0.1) is 0 Å². The lowest BCUT2D eigenvalue weighted by molar-refractivity contribution is 0.0689. The molecule has 1 aromatic rings. The molecule has 0 saturated heterocycles. The van der Waals surface area contributed by atoms with Crippen molar-refractivity contribution >= 4 is 5.96 Å². The summed E-state index contributed by atoms with van der Waals surface area (Å²) in [7, 11) is 6.74. The first kappa shape index (κ1) is 22.1. The second-order valence-electron chi connectivity index (χ2n) is 5.68. The largest absolute Gasteiger partial charge is 0.493 e. The van der Waals surface area contributed by atoms with E-state index in [4.69, 9.17) is 18.9 Å². The van der Waals surface area contributed by atoms with E-state index in [1.54, 1.807) is 28.4 Å². The van der Waals surface area contributed by atoms with Crippen LogP contribution in [-0.4, -0.2) is 67.2 Å². The molecule has 0 aliphatic heterocycles. The fourth-order valence-corrected chi connectivity index (χ4v) is 2.36. The topological polar surface area (TPSA) is 73.3 Å². The maximum atomic E-state index is 5.44. The van der Waals surface area contributed by atoms with Crippen molar-refractivity contribution in [2.75, 3.05) is 61.3 Å². The zero-order chi connectivity index (χ0) is 19.0. The van der Waals surface area contributed by atoms with Crippen molar-refractivity contribution in [1.82, 2.24) is 10.6 Å². The van der Waals surface area contributed by atoms with Crippen molar-refractivity contribution in [2.45, 2.75) is 19.3 Å². The van der Waals surface area contributed by atoms with Gasteiger partial charge in [0, 0.05) is 33.9 Å². The van der Waals surface area contributed by atoms with Crippen molar-refractivity contribution in [3.8, 4) is 11.5 Å². The Kier molecular flexibility index (Phi) is 12.1. The van der Waals surface area contributed by atoms with E-state index < -0.39 is 0 Å². The summed E-state index contributed by atoms with van der Waals surface area (Å²) in [6, 6.07) is 5.97. The second-order valence-corrected chi connectivity index (χ2v) is 5.68. The molecule has 7 nitrogen and oxygen atoms in total. The molecule has 148 valence electrons. The summed E-state index contributed by atoms with van der Waals surface area (Å²) in [5.74, 6) is 2.30. The van der Waals surface area contributed by atoms with Gasteiger partial charge in [0.2, 0.25) is 0 Å². The van der Waals surface area contributed by atoms with Crippen LogP contribution in [-0.2, 0) is 15.9 Å². The molecular weight excluding hydrogens is 334 g/mol. The molecule has 2 N–H and O–H groups in total. The molecule has 0 radical (unpaired) electrons. The van der Waals surface area contributed by atoms with E-state index in [1.165, 1.54) is 5.56 Å². The third-order valence-electron chi connectivity index (χ3n) is 3.82. The number of aliphatic imine (C=N–C) groups is 1. The van der Waals surface area contributed by atoms with Crippen LogP contribution < -0.4 is 20.1 Å². The van der Waals surface area contributed by atoms with E-state index in [0.717, 1.165) is 56.4 Å². The Morgan fingerprint density at radius 2 is 1.69 bits per heavy atom. The minimum Gasteiger partial charge on any atom is -0.493 e. The molecule has 1 rings (SSSR count). The van der Waals surface area contributed by atoms with Gasteiger partial charge in [-0.3, -0.25) is 4.99 Å². The number of nitrogens with one attached hydrogen (secondary N) is 2. The molecule has 0 bridgehead atoms. The van der Waals surface area contributed by atoms with Gasteiger partial charge in [0.25, 0.3) is 0 Å². The number of guanidine groups is 1. The van der Waals surface area contributed by atoms with Gasteiger partial charge < -0.3 is 29.6 Å². The molecule has 0 saturated carbocycles. The van der Waals surface area contributed by atoms with Crippen LogP contribution in [0.4, 0.5) is 0 Å². The number of benzene rings is 1. The molecule has 0 fully saturated rings. The van der Waals surface area contributed by atoms with E-state index in [0.29, 0.717) is 13.2 Å². The maximum Gasteiger partial charge on any atom is 0.190 e. The Morgan fingerprint density at radius 1 is 0.923 bits per heavy atom. The molecular formula is C19H33N3O4. The lowest BCUT2D eigenvalue weighted by Gasteiger charge is -2.13. The van der Waals surface area contributed by atoms with Crippen LogP contribution in [0.2, 0.25) is 0 Å². The highest BCUT2D eigenvalue weighted by atomic mass is 16.5. The van der Waals surface area contributed by atoms with E-state index in [2.05, 4.69) is 15.6 Å². The van der Waals surface area contributed by atoms with Crippen LogP contribution in [0.5, 0.6) is 11.5 Å². The first-order valence-electron chi connectivity index (χ1n) is 8.97. The van der Waals surface area contributed by atoms with E-state index in [1.807, 2.05) is 18.2 Å². The average molecular weight is 367 g/mol. The van der Waals surface area contributed by atoms with Crippen molar-refractivity contribution in [1.29, 1.82) is 0 Å². The summed E-state index contributed by atoms with van der Waals surface area (Å²) in [6.45, 7) is 3.72. The van der Waals surface area contributed by atoms with Gasteiger partial charge in [-0.1, -0.05) is 6.07 Å². The van der Waals surface area contributed by atoms with Crippen molar-refractivity contribution < 1.29 is 18.9 Å². The minimum atomic E-state index is 0.648. The fourth-order valence-electron chi connectivity index (χ4n) is 2.36. The molecule has 0 spiro atoms. The smallest absolute Gasteiger partial charge is 0.190 e. The van der Waals surface area contributed by atoms with E-state index >= 15 is 0 Å². The summed E-state index contributed by atoms with van der Waals surface area (Å²) < 4.78 is 21.0. The second kappa shape index (κ2) is 14.2. The molecule has 0 aliphatic carbocycles. The average Bonchev–Trinajstić information content (AvgIpc) is 2.68. The fraction of sp³-hybridized carbons (Fsp3) is 0.632. The van der Waals surface area contributed by atoms with Crippen LogP contribution >= 0.6 is 0 Å². The number of nitrogens with zero attached hydrogens (tertiary/aromatic N) is 1. The highest BCUT2D eigenvalue weighted by Crippen LogP contribution is 2.27. The lowest BCUT2D eigenvalue weighted by Crippen LogP contribution is -2.38. The van der Waals surface area contributed by atoms with Gasteiger partial charge >= 0.3 is 0 Å². The normalized spacial score (nSPS) is 11.3. The van der Waals surface area contributed by atoms with E-state index in [-0.39, 0.29) is 0 Å². The van der Waals surface area contributed by atoms with Crippen LogP contribution in [0.1, 0.15) is 18.4 Å². The zero-order valence-electron chi connectivity index (χ0n) is 16.5. The monoisotopic (exact) mass is 367 g/mol. The van der Waals surface area contributed by atoms with Gasteiger partial charge in [0.05, 0.1) is 27.4 Å². The third kappa shape index (κ3) is 8.92. The predicted octanol–water partition coefficient (Wildman–Crippen LogP) is 1.85. The molecule has 0 aliphatic rings. The van der Waals surface area contributed by atoms with Gasteiger partial charge in [-0.15, -0.1) is 0 Å². The SMILES string of the molecule is CN=C(NCCCCOCCOC)NCCc1ccc(OC)c(OC)c1. The summed E-state index contributed by atoms with van der Waals surface area (Å²) >= 11 is 0. The third-order valence-corrected chi connectivity index (χ3v) is 3.82. The van der Waals surface area contributed by atoms with Crippen molar-refractivity contribution in [3.63, 3.8) is 0 Å². The summed E-state index contributed by atoms with van der Waals surface area (Å²) in [5, 5.41) is 6.63. The summed E-state index contributed by atoms with van der Waals surface area (Å²) in [4.78, 5) is 4.24. The van der Waals surface area contributed by atoms with Gasteiger partial charge in [-0.05, 0) is 37.0 Å². The first-order valence-corrected chi connectivity index (χ1v) is 8.97. The van der Waals surface area contributed by atoms with E-state index in [9.17, 15) is 0 Å². The predicted molar refractivity (Wildman–Crippen MR) is 105 cm³/mol. The van der Waals surface area contributed by atoms with Crippen LogP contribution in [0.3, 0.4) is 0 Å². The highest BCUT2D eigenvalue weighted by Gasteiger charge is 2.05. The Morgan fingerprint density at radius 3 is 2.38 bits per heavy atom. The molecule has 0 unspecified atom stereocenters. The molecule has 26 heavy (non-hydrogen) atoms. The highest BCUT2D eigenvalue weighted by molar-refractivity contribution is 5.79. The first-order chi connectivity index (χ1) is 12.7. The molecule has 0 heterocycles. The number of unbranched alkanes of at least 4 members (excludes halogenated alkanes) is 1. The number of rotatable bonds is 13. The van der Waals surface area contributed by atoms with Crippen molar-refractivity contribution in [2.24, 2.45) is 4.99 Å². The zero-order valence-corrected chi connectivity index (χ0v) is 16.5. The van der Waals surface area contributed by atoms with Crippen LogP contribution in [0.15, 0.2) is 23.2 Å². The van der Waals surface area contributed by atoms with Gasteiger partial charge in [0.15, 0.2) is 17.5 Å². The number of ether oxygens (including phenoxy) is 4. The number of hydrogen-bond donors (Lipinski definition) is 2. The number of hydrogen-bond acceptors (Lipinski definition) is 5. The molecule has 7 heteroatoms. The van der Waals surface area contributed by atoms with Gasteiger partial charge in [-0.2, -0.15) is 0 Å². The Balaban J connectivity index is 2.20. The summed E-state index contributed by atoms with van der Waals surface area (Å²) in [5.41, 5.74) is 1.18. The molecule has 0 atom stereocenters. The number of methoxy groups -OCH3 is 3. The maximum absolute atomic E-state index is 5.44. The molecule has 0 amide bonds. The molecule has 0 aromatic heterocycles. The standard InChI is InChI=1S/C19H33N3O4/c1-20-19(21-10-5-6-12-26-14-13-23-2)22-11-9-16-7-8-17(24-3)18(15-16)25-4/h7-8,15H,5-6,9-14H2,1-4H3,(H2,20,21,22). The van der Waals surface area contributed by atoms with Gasteiger partial charge in [0.1, 0.15) is 0 Å². The molecule has 1 aromatic carbocycles. The van der Waals surface area contributed by atoms with Crippen LogP contribution in [0.25, 0.3) is 0 Å².